The minimum absolute atomic E-state index is 0.0144. The van der Waals surface area contributed by atoms with Crippen LogP contribution in [0.15, 0.2) is 0 Å². The molecule has 4 rings (SSSR count). The molecule has 1 heterocycles. The molecule has 0 aromatic rings. The first-order chi connectivity index (χ1) is 15.1. The summed E-state index contributed by atoms with van der Waals surface area (Å²) in [4.78, 5) is 40.3. The van der Waals surface area contributed by atoms with Gasteiger partial charge in [-0.2, -0.15) is 0 Å². The summed E-state index contributed by atoms with van der Waals surface area (Å²) in [6.45, 7) is 4.81. The normalized spacial score (nSPS) is 32.4. The van der Waals surface area contributed by atoms with Crippen LogP contribution in [0.1, 0.15) is 71.6 Å². The van der Waals surface area contributed by atoms with Crippen LogP contribution in [0.4, 0.5) is 0 Å². The molecular weight excluding hydrogens is 408 g/mol. The van der Waals surface area contributed by atoms with Crippen molar-refractivity contribution in [2.45, 2.75) is 95.9 Å². The van der Waals surface area contributed by atoms with E-state index in [1.54, 1.807) is 4.90 Å². The van der Waals surface area contributed by atoms with E-state index >= 15 is 0 Å². The highest BCUT2D eigenvalue weighted by atomic mass is 16.3. The lowest BCUT2D eigenvalue weighted by Crippen LogP contribution is -2.59. The van der Waals surface area contributed by atoms with E-state index in [1.165, 1.54) is 6.42 Å². The summed E-state index contributed by atoms with van der Waals surface area (Å²) in [6.07, 6.45) is 7.58. The van der Waals surface area contributed by atoms with Crippen molar-refractivity contribution in [1.82, 2.24) is 10.2 Å². The number of hydrogen-bond donors (Lipinski definition) is 4. The number of nitrogens with two attached hydrogens (primary N) is 2. The van der Waals surface area contributed by atoms with Gasteiger partial charge in [0.1, 0.15) is 6.04 Å². The number of rotatable bonds is 8. The molecule has 2 unspecified atom stereocenters. The SMILES string of the molecule is CC1(C)[C@@H]2[C@@H](C(=O)NC(CC3CCC3)C(O)C(N)=O)N(C(=O)[C@@H](N)C3CCCCC3)C[C@@H]21. The first-order valence-corrected chi connectivity index (χ1v) is 12.5. The summed E-state index contributed by atoms with van der Waals surface area (Å²) >= 11 is 0. The molecule has 1 saturated heterocycles. The van der Waals surface area contributed by atoms with Gasteiger partial charge in [0.2, 0.25) is 17.7 Å². The molecule has 3 amide bonds. The number of aliphatic hydroxyl groups is 1. The Bertz CT molecular complexity index is 746. The van der Waals surface area contributed by atoms with Gasteiger partial charge >= 0.3 is 0 Å². The van der Waals surface area contributed by atoms with Gasteiger partial charge in [-0.15, -0.1) is 0 Å². The third kappa shape index (κ3) is 4.28. The lowest BCUT2D eigenvalue weighted by Gasteiger charge is -2.36. The van der Waals surface area contributed by atoms with Crippen LogP contribution >= 0.6 is 0 Å². The van der Waals surface area contributed by atoms with E-state index in [0.29, 0.717) is 18.9 Å². The zero-order chi connectivity index (χ0) is 23.2. The van der Waals surface area contributed by atoms with Crippen molar-refractivity contribution in [3.05, 3.63) is 0 Å². The third-order valence-corrected chi connectivity index (χ3v) is 9.02. The van der Waals surface area contributed by atoms with Crippen molar-refractivity contribution in [2.24, 2.45) is 40.6 Å². The van der Waals surface area contributed by atoms with Crippen LogP contribution in [0.3, 0.4) is 0 Å². The van der Waals surface area contributed by atoms with Crippen LogP contribution < -0.4 is 16.8 Å². The lowest BCUT2D eigenvalue weighted by atomic mass is 9.79. The molecule has 3 saturated carbocycles. The van der Waals surface area contributed by atoms with Crippen molar-refractivity contribution in [2.75, 3.05) is 6.54 Å². The molecule has 1 aliphatic heterocycles. The molecule has 6 atom stereocenters. The van der Waals surface area contributed by atoms with E-state index in [1.807, 2.05) is 0 Å². The highest BCUT2D eigenvalue weighted by Crippen LogP contribution is 2.65. The molecule has 0 radical (unpaired) electrons. The number of likely N-dealkylation sites (tertiary alicyclic amines) is 1. The Kier molecular flexibility index (Phi) is 6.56. The number of nitrogens with one attached hydrogen (secondary N) is 1. The second-order valence-corrected chi connectivity index (χ2v) is 11.3. The predicted molar refractivity (Wildman–Crippen MR) is 120 cm³/mol. The molecule has 0 spiro atoms. The number of nitrogens with zero attached hydrogens (tertiary/aromatic N) is 1. The predicted octanol–water partition coefficient (Wildman–Crippen LogP) is 0.898. The Morgan fingerprint density at radius 2 is 1.75 bits per heavy atom. The van der Waals surface area contributed by atoms with E-state index in [9.17, 15) is 19.5 Å². The highest BCUT2D eigenvalue weighted by molar-refractivity contribution is 5.92. The standard InChI is InChI=1S/C24H40N4O4/c1-24(2)15-12-28(23(32)18(25)14-9-4-3-5-10-14)19(17(15)24)22(31)27-16(20(29)21(26)30)11-13-7-6-8-13/h13-20,29H,3-12,25H2,1-2H3,(H2,26,30)(H,27,31)/t15-,16?,17-,18-,19-,20?/m0/s1. The van der Waals surface area contributed by atoms with E-state index in [4.69, 9.17) is 11.5 Å². The number of amides is 3. The molecule has 4 aliphatic rings. The molecule has 180 valence electrons. The van der Waals surface area contributed by atoms with Crippen LogP contribution in [-0.2, 0) is 14.4 Å². The summed E-state index contributed by atoms with van der Waals surface area (Å²) < 4.78 is 0. The minimum Gasteiger partial charge on any atom is -0.381 e. The second-order valence-electron chi connectivity index (χ2n) is 11.3. The number of carbonyl (C=O) groups is 3. The number of aliphatic hydroxyl groups excluding tert-OH is 1. The average Bonchev–Trinajstić information content (AvgIpc) is 3.08. The Hall–Kier alpha value is -1.67. The number of hydrogen-bond acceptors (Lipinski definition) is 5. The molecule has 0 bridgehead atoms. The van der Waals surface area contributed by atoms with Crippen LogP contribution in [0.2, 0.25) is 0 Å². The van der Waals surface area contributed by atoms with Crippen molar-refractivity contribution < 1.29 is 19.5 Å². The van der Waals surface area contributed by atoms with E-state index in [-0.39, 0.29) is 35.0 Å². The smallest absolute Gasteiger partial charge is 0.248 e. The van der Waals surface area contributed by atoms with Crippen molar-refractivity contribution >= 4 is 17.7 Å². The molecule has 6 N–H and O–H groups in total. The Labute approximate surface area is 190 Å². The fourth-order valence-electron chi connectivity index (χ4n) is 6.52. The molecule has 3 aliphatic carbocycles. The van der Waals surface area contributed by atoms with Gasteiger partial charge in [0, 0.05) is 6.54 Å². The molecule has 8 heteroatoms. The van der Waals surface area contributed by atoms with Crippen LogP contribution in [0, 0.1) is 29.1 Å². The summed E-state index contributed by atoms with van der Waals surface area (Å²) in [5.41, 5.74) is 11.8. The number of piperidine rings is 1. The Balaban J connectivity index is 1.49. The van der Waals surface area contributed by atoms with E-state index in [0.717, 1.165) is 44.9 Å². The van der Waals surface area contributed by atoms with Gasteiger partial charge in [-0.3, -0.25) is 14.4 Å². The summed E-state index contributed by atoms with van der Waals surface area (Å²) in [5, 5.41) is 13.3. The molecule has 4 fully saturated rings. The van der Waals surface area contributed by atoms with Crippen LogP contribution in [0.5, 0.6) is 0 Å². The first-order valence-electron chi connectivity index (χ1n) is 12.5. The third-order valence-electron chi connectivity index (χ3n) is 9.02. The molecule has 0 aromatic heterocycles. The summed E-state index contributed by atoms with van der Waals surface area (Å²) in [5.74, 6) is -0.374. The van der Waals surface area contributed by atoms with Crippen molar-refractivity contribution in [3.63, 3.8) is 0 Å². The van der Waals surface area contributed by atoms with Gasteiger partial charge in [0.15, 0.2) is 6.10 Å². The van der Waals surface area contributed by atoms with Gasteiger partial charge in [0.05, 0.1) is 12.1 Å². The molecule has 0 aromatic carbocycles. The zero-order valence-corrected chi connectivity index (χ0v) is 19.5. The van der Waals surface area contributed by atoms with Gasteiger partial charge in [-0.1, -0.05) is 52.4 Å². The number of fused-ring (bicyclic) bond motifs is 1. The number of primary amides is 1. The Morgan fingerprint density at radius 1 is 1.09 bits per heavy atom. The fourth-order valence-corrected chi connectivity index (χ4v) is 6.52. The maximum atomic E-state index is 13.5. The van der Waals surface area contributed by atoms with Gasteiger partial charge < -0.3 is 26.8 Å². The van der Waals surface area contributed by atoms with Gasteiger partial charge in [0.25, 0.3) is 0 Å². The number of carbonyl (C=O) groups excluding carboxylic acids is 3. The Morgan fingerprint density at radius 3 is 2.31 bits per heavy atom. The second kappa shape index (κ2) is 8.93. The average molecular weight is 449 g/mol. The largest absolute Gasteiger partial charge is 0.381 e. The van der Waals surface area contributed by atoms with E-state index < -0.39 is 30.1 Å². The monoisotopic (exact) mass is 448 g/mol. The first kappa shape index (κ1) is 23.5. The molecule has 8 nitrogen and oxygen atoms in total. The maximum absolute atomic E-state index is 13.5. The van der Waals surface area contributed by atoms with Crippen molar-refractivity contribution in [3.8, 4) is 0 Å². The topological polar surface area (TPSA) is 139 Å². The quantitative estimate of drug-likeness (QED) is 0.437. The maximum Gasteiger partial charge on any atom is 0.248 e. The van der Waals surface area contributed by atoms with Gasteiger partial charge in [-0.05, 0) is 48.3 Å². The molecule has 32 heavy (non-hydrogen) atoms. The lowest BCUT2D eigenvalue weighted by molar-refractivity contribution is -0.143. The van der Waals surface area contributed by atoms with E-state index in [2.05, 4.69) is 19.2 Å². The summed E-state index contributed by atoms with van der Waals surface area (Å²) in [7, 11) is 0. The van der Waals surface area contributed by atoms with Crippen LogP contribution in [0.25, 0.3) is 0 Å². The minimum atomic E-state index is -1.43. The van der Waals surface area contributed by atoms with Crippen molar-refractivity contribution in [1.29, 1.82) is 0 Å². The van der Waals surface area contributed by atoms with Crippen LogP contribution in [-0.4, -0.2) is 58.5 Å². The highest BCUT2D eigenvalue weighted by Gasteiger charge is 2.69. The van der Waals surface area contributed by atoms with Gasteiger partial charge in [-0.25, -0.2) is 0 Å². The zero-order valence-electron chi connectivity index (χ0n) is 19.5. The molecular formula is C24H40N4O4. The summed E-state index contributed by atoms with van der Waals surface area (Å²) in [6, 6.07) is -1.91. The fraction of sp³-hybridized carbons (Fsp3) is 0.875.